The lowest BCUT2D eigenvalue weighted by atomic mass is 10.0. The van der Waals surface area contributed by atoms with E-state index in [9.17, 15) is 18.8 Å². The Hall–Kier alpha value is -4.12. The molecule has 1 aliphatic heterocycles. The van der Waals surface area contributed by atoms with Crippen molar-refractivity contribution in [3.63, 3.8) is 0 Å². The largest absolute Gasteiger partial charge is 0.373 e. The van der Waals surface area contributed by atoms with Crippen molar-refractivity contribution in [2.24, 2.45) is 0 Å². The zero-order chi connectivity index (χ0) is 29.3. The first kappa shape index (κ1) is 28.4. The van der Waals surface area contributed by atoms with Gasteiger partial charge in [-0.3, -0.25) is 19.8 Å². The second-order valence-electron chi connectivity index (χ2n) is 10.5. The van der Waals surface area contributed by atoms with Crippen molar-refractivity contribution in [1.29, 1.82) is 5.41 Å². The third kappa shape index (κ3) is 5.72. The number of amides is 3. The Kier molecular flexibility index (Phi) is 7.90. The molecule has 0 bridgehead atoms. The molecule has 2 aliphatic rings. The first-order chi connectivity index (χ1) is 19.6. The maximum atomic E-state index is 15.1. The summed E-state index contributed by atoms with van der Waals surface area (Å²) in [5.74, 6) is -1.53. The molecular weight excluding hydrogens is 548 g/mol. The average molecular weight is 580 g/mol. The van der Waals surface area contributed by atoms with Crippen LogP contribution in [0.2, 0.25) is 0 Å². The number of halogens is 2. The van der Waals surface area contributed by atoms with Gasteiger partial charge in [0.15, 0.2) is 5.67 Å². The maximum Gasteiger partial charge on any atom is 0.251 e. The van der Waals surface area contributed by atoms with E-state index in [-0.39, 0.29) is 5.84 Å². The first-order valence-corrected chi connectivity index (χ1v) is 14.2. The van der Waals surface area contributed by atoms with Crippen molar-refractivity contribution < 1.29 is 23.2 Å². The van der Waals surface area contributed by atoms with E-state index in [0.717, 1.165) is 32.9 Å². The summed E-state index contributed by atoms with van der Waals surface area (Å²) in [5.41, 5.74) is 3.02. The smallest absolute Gasteiger partial charge is 0.251 e. The average Bonchev–Trinajstić information content (AvgIpc) is 3.71. The van der Waals surface area contributed by atoms with E-state index < -0.39 is 61.7 Å². The molecule has 1 aromatic heterocycles. The molecule has 1 saturated heterocycles. The van der Waals surface area contributed by atoms with Gasteiger partial charge in [-0.2, -0.15) is 0 Å². The lowest BCUT2D eigenvalue weighted by Crippen LogP contribution is -2.49. The highest BCUT2D eigenvalue weighted by Gasteiger charge is 2.49. The summed E-state index contributed by atoms with van der Waals surface area (Å²) in [6.45, 7) is -0.637. The minimum absolute atomic E-state index is 0.232. The summed E-state index contributed by atoms with van der Waals surface area (Å²) in [7, 11) is 1.64. The number of carbonyl (C=O) groups is 3. The molecule has 1 fully saturated rings. The number of carbonyl (C=O) groups excluding carboxylic acids is 3. The van der Waals surface area contributed by atoms with E-state index in [4.69, 9.17) is 5.41 Å². The van der Waals surface area contributed by atoms with Crippen LogP contribution in [0.5, 0.6) is 0 Å². The van der Waals surface area contributed by atoms with Crippen LogP contribution in [-0.2, 0) is 16.0 Å². The van der Waals surface area contributed by atoms with E-state index in [1.165, 1.54) is 16.9 Å². The van der Waals surface area contributed by atoms with Gasteiger partial charge in [0.25, 0.3) is 5.91 Å². The van der Waals surface area contributed by atoms with Crippen molar-refractivity contribution in [2.75, 3.05) is 26.8 Å². The Morgan fingerprint density at radius 3 is 2.63 bits per heavy atom. The van der Waals surface area contributed by atoms with Crippen molar-refractivity contribution in [2.45, 2.75) is 37.5 Å². The molecule has 0 spiro atoms. The minimum atomic E-state index is -2.35. The van der Waals surface area contributed by atoms with Gasteiger partial charge in [0.2, 0.25) is 11.8 Å². The first-order valence-electron chi connectivity index (χ1n) is 13.3. The van der Waals surface area contributed by atoms with Crippen LogP contribution in [0.3, 0.4) is 0 Å². The number of nitrogens with one attached hydrogen (secondary N) is 4. The molecule has 8 nitrogen and oxygen atoms in total. The lowest BCUT2D eigenvalue weighted by Gasteiger charge is -2.25. The molecule has 3 amide bonds. The fourth-order valence-corrected chi connectivity index (χ4v) is 6.30. The second-order valence-corrected chi connectivity index (χ2v) is 11.5. The predicted octanol–water partition coefficient (Wildman–Crippen LogP) is 3.75. The number of hydrogen-bond acceptors (Lipinski definition) is 5. The van der Waals surface area contributed by atoms with E-state index in [2.05, 4.69) is 16.0 Å². The molecule has 3 atom stereocenters. The van der Waals surface area contributed by atoms with Crippen LogP contribution < -0.4 is 16.0 Å². The summed E-state index contributed by atoms with van der Waals surface area (Å²) in [4.78, 5) is 41.0. The Labute approximate surface area is 240 Å². The highest BCUT2D eigenvalue weighted by atomic mass is 32.1. The van der Waals surface area contributed by atoms with Crippen LogP contribution in [0.15, 0.2) is 53.9 Å². The van der Waals surface area contributed by atoms with Crippen LogP contribution in [0.1, 0.15) is 51.3 Å². The normalized spacial score (nSPS) is 19.7. The number of benzene rings is 2. The number of fused-ring (bicyclic) bond motifs is 3. The van der Waals surface area contributed by atoms with Gasteiger partial charge < -0.3 is 20.9 Å². The summed E-state index contributed by atoms with van der Waals surface area (Å²) < 4.78 is 28.7. The molecular formula is C30H31F2N5O3S. The van der Waals surface area contributed by atoms with Gasteiger partial charge in [0.05, 0.1) is 19.1 Å². The van der Waals surface area contributed by atoms with Gasteiger partial charge in [-0.15, -0.1) is 11.3 Å². The zero-order valence-corrected chi connectivity index (χ0v) is 23.5. The number of rotatable bonds is 8. The minimum Gasteiger partial charge on any atom is -0.373 e. The van der Waals surface area contributed by atoms with Crippen molar-refractivity contribution in [3.8, 4) is 11.1 Å². The maximum absolute atomic E-state index is 15.1. The molecule has 2 aromatic carbocycles. The molecule has 41 heavy (non-hydrogen) atoms. The Morgan fingerprint density at radius 1 is 1.12 bits per heavy atom. The number of amidine groups is 1. The number of alkyl halides is 2. The van der Waals surface area contributed by atoms with Crippen molar-refractivity contribution >= 4 is 34.9 Å². The standard InChI is InChI=1S/C30H31F2N5O3S/c1-17(25-11-21(14-41-25)27(33)34-2)36-29(40)24-12-30(32,15-31)16-37(24)26(38)13-35-28(39)20-8-7-19-9-18-5-3-4-6-22(18)23(19)10-20/h3-8,10-11,14,17,24H,9,12-13,15-16H2,1-2H3,(H2,33,34)(H,35,39)(H,36,40)/t17-,24+,30+/m1/s1. The van der Waals surface area contributed by atoms with E-state index in [0.29, 0.717) is 11.1 Å². The third-order valence-electron chi connectivity index (χ3n) is 7.66. The molecule has 1 aliphatic carbocycles. The zero-order valence-electron chi connectivity index (χ0n) is 22.7. The highest BCUT2D eigenvalue weighted by molar-refractivity contribution is 7.10. The molecule has 11 heteroatoms. The molecule has 214 valence electrons. The number of hydrogen-bond donors (Lipinski definition) is 4. The van der Waals surface area contributed by atoms with Crippen LogP contribution in [0.4, 0.5) is 8.78 Å². The molecule has 3 aromatic rings. The van der Waals surface area contributed by atoms with Gasteiger partial charge in [0, 0.05) is 34.9 Å². The molecule has 4 N–H and O–H groups in total. The van der Waals surface area contributed by atoms with Gasteiger partial charge in [-0.1, -0.05) is 30.3 Å². The lowest BCUT2D eigenvalue weighted by molar-refractivity contribution is -0.138. The predicted molar refractivity (Wildman–Crippen MR) is 154 cm³/mol. The monoisotopic (exact) mass is 579 g/mol. The van der Waals surface area contributed by atoms with Gasteiger partial charge in [0.1, 0.15) is 18.6 Å². The summed E-state index contributed by atoms with van der Waals surface area (Å²) in [5, 5.41) is 17.8. The fraction of sp³-hybridized carbons (Fsp3) is 0.333. The topological polar surface area (TPSA) is 114 Å². The van der Waals surface area contributed by atoms with Gasteiger partial charge in [-0.25, -0.2) is 8.78 Å². The van der Waals surface area contributed by atoms with E-state index in [1.54, 1.807) is 37.6 Å². The Morgan fingerprint density at radius 2 is 1.88 bits per heavy atom. The molecule has 0 unspecified atom stereocenters. The van der Waals surface area contributed by atoms with Gasteiger partial charge in [-0.05, 0) is 53.8 Å². The third-order valence-corrected chi connectivity index (χ3v) is 8.77. The van der Waals surface area contributed by atoms with Crippen LogP contribution in [0, 0.1) is 5.41 Å². The Bertz CT molecular complexity index is 1530. The summed E-state index contributed by atoms with van der Waals surface area (Å²) >= 11 is 1.35. The molecule has 0 saturated carbocycles. The van der Waals surface area contributed by atoms with Crippen LogP contribution >= 0.6 is 11.3 Å². The molecule has 0 radical (unpaired) electrons. The molecule has 5 rings (SSSR count). The van der Waals surface area contributed by atoms with Crippen LogP contribution in [-0.4, -0.2) is 67.0 Å². The summed E-state index contributed by atoms with van der Waals surface area (Å²) in [6.07, 6.45) is 0.307. The van der Waals surface area contributed by atoms with Crippen molar-refractivity contribution in [3.05, 3.63) is 81.0 Å². The number of nitrogens with zero attached hydrogens (tertiary/aromatic N) is 1. The second kappa shape index (κ2) is 11.4. The number of thiophene rings is 1. The fourth-order valence-electron chi connectivity index (χ4n) is 5.39. The molecule has 2 heterocycles. The SMILES string of the molecule is CNC(=N)c1csc([C@@H](C)NC(=O)[C@@H]2C[C@](F)(CF)CN2C(=O)CNC(=O)c2ccc3c(c2)-c2ccccc2C3)c1. The summed E-state index contributed by atoms with van der Waals surface area (Å²) in [6, 6.07) is 13.4. The Balaban J connectivity index is 1.24. The van der Waals surface area contributed by atoms with Crippen molar-refractivity contribution in [1.82, 2.24) is 20.9 Å². The quantitative estimate of drug-likeness (QED) is 0.188. The van der Waals surface area contributed by atoms with Crippen LogP contribution in [0.25, 0.3) is 11.1 Å². The van der Waals surface area contributed by atoms with Gasteiger partial charge >= 0.3 is 0 Å². The van der Waals surface area contributed by atoms with E-state index in [1.807, 2.05) is 30.3 Å². The van der Waals surface area contributed by atoms with E-state index >= 15 is 4.39 Å². The number of likely N-dealkylation sites (tertiary alicyclic amines) is 1. The highest BCUT2D eigenvalue weighted by Crippen LogP contribution is 2.37.